The monoisotopic (exact) mass is 426 g/mol. The predicted octanol–water partition coefficient (Wildman–Crippen LogP) is 6.04. The molecule has 3 rings (SSSR count). The zero-order valence-electron chi connectivity index (χ0n) is 17.3. The number of hydrogen-bond donors (Lipinski definition) is 0. The van der Waals surface area contributed by atoms with Crippen molar-refractivity contribution in [1.29, 1.82) is 0 Å². The maximum absolute atomic E-state index is 15.2. The molecule has 0 N–H and O–H groups in total. The minimum atomic E-state index is -0.487. The first-order chi connectivity index (χ1) is 14.2. The largest absolute Gasteiger partial charge is 0.462 e. The summed E-state index contributed by atoms with van der Waals surface area (Å²) in [6.07, 6.45) is 0.978. The summed E-state index contributed by atoms with van der Waals surface area (Å²) >= 11 is 1.34. The molecule has 0 aliphatic carbocycles. The van der Waals surface area contributed by atoms with Gasteiger partial charge in [-0.05, 0) is 51.3 Å². The Morgan fingerprint density at radius 2 is 1.63 bits per heavy atom. The fourth-order valence-corrected chi connectivity index (χ4v) is 4.32. The van der Waals surface area contributed by atoms with Gasteiger partial charge in [-0.3, -0.25) is 0 Å². The van der Waals surface area contributed by atoms with Crippen LogP contribution in [0.4, 0.5) is 4.39 Å². The number of carbonyl (C=O) groups excluding carboxylic acids is 2. The van der Waals surface area contributed by atoms with Gasteiger partial charge in [0.15, 0.2) is 0 Å². The second-order valence-electron chi connectivity index (χ2n) is 7.27. The first kappa shape index (κ1) is 21.7. The first-order valence-corrected chi connectivity index (χ1v) is 10.4. The van der Waals surface area contributed by atoms with Crippen LogP contribution in [0, 0.1) is 12.7 Å². The molecule has 0 saturated heterocycles. The Kier molecular flexibility index (Phi) is 6.37. The van der Waals surface area contributed by atoms with Crippen molar-refractivity contribution in [1.82, 2.24) is 0 Å². The lowest BCUT2D eigenvalue weighted by Crippen LogP contribution is -2.08. The second kappa shape index (κ2) is 8.79. The molecule has 0 unspecified atom stereocenters. The van der Waals surface area contributed by atoms with Crippen molar-refractivity contribution < 1.29 is 23.5 Å². The number of benzene rings is 2. The van der Waals surface area contributed by atoms with E-state index < -0.39 is 11.9 Å². The van der Waals surface area contributed by atoms with Crippen LogP contribution in [0.15, 0.2) is 48.6 Å². The summed E-state index contributed by atoms with van der Waals surface area (Å²) in [6.45, 7) is 12.4. The molecule has 156 valence electrons. The van der Waals surface area contributed by atoms with Crippen molar-refractivity contribution in [2.45, 2.75) is 33.6 Å². The average Bonchev–Trinajstić information content (AvgIpc) is 3.08. The van der Waals surface area contributed by atoms with Gasteiger partial charge < -0.3 is 9.47 Å². The van der Waals surface area contributed by atoms with E-state index in [2.05, 4.69) is 13.2 Å². The fourth-order valence-electron chi connectivity index (χ4n) is 3.07. The van der Waals surface area contributed by atoms with Crippen LogP contribution < -0.4 is 4.74 Å². The second-order valence-corrected chi connectivity index (χ2v) is 8.29. The van der Waals surface area contributed by atoms with Crippen LogP contribution in [0.2, 0.25) is 0 Å². The molecule has 30 heavy (non-hydrogen) atoms. The number of rotatable bonds is 7. The summed E-state index contributed by atoms with van der Waals surface area (Å²) < 4.78 is 27.1. The summed E-state index contributed by atoms with van der Waals surface area (Å²) in [6, 6.07) is 7.26. The number of aryl methyl sites for hydroxylation is 2. The summed E-state index contributed by atoms with van der Waals surface area (Å²) in [5.74, 6) is -0.741. The highest BCUT2D eigenvalue weighted by molar-refractivity contribution is 7.26. The average molecular weight is 427 g/mol. The van der Waals surface area contributed by atoms with Gasteiger partial charge in [0, 0.05) is 32.2 Å². The number of thiophene rings is 1. The molecular formula is C24H23FO4S. The number of fused-ring (bicyclic) bond motifs is 3. The third-order valence-corrected chi connectivity index (χ3v) is 6.08. The molecule has 0 saturated carbocycles. The lowest BCUT2D eigenvalue weighted by Gasteiger charge is -2.07. The van der Waals surface area contributed by atoms with Gasteiger partial charge in [0.05, 0.1) is 11.3 Å². The molecule has 3 aromatic rings. The molecule has 0 radical (unpaired) electrons. The van der Waals surface area contributed by atoms with E-state index in [4.69, 9.17) is 9.47 Å². The van der Waals surface area contributed by atoms with Gasteiger partial charge in [-0.1, -0.05) is 25.3 Å². The summed E-state index contributed by atoms with van der Waals surface area (Å²) in [5, 5.41) is 1.74. The Morgan fingerprint density at radius 1 is 1.00 bits per heavy atom. The zero-order valence-corrected chi connectivity index (χ0v) is 18.1. The third-order valence-electron chi connectivity index (χ3n) is 4.75. The molecule has 0 spiro atoms. The molecule has 0 amide bonds. The predicted molar refractivity (Wildman–Crippen MR) is 119 cm³/mol. The van der Waals surface area contributed by atoms with Gasteiger partial charge in [0.1, 0.15) is 11.6 Å². The number of hydrogen-bond acceptors (Lipinski definition) is 5. The van der Waals surface area contributed by atoms with Crippen molar-refractivity contribution in [2.24, 2.45) is 0 Å². The number of ether oxygens (including phenoxy) is 2. The van der Waals surface area contributed by atoms with E-state index in [1.807, 2.05) is 19.1 Å². The third kappa shape index (κ3) is 4.28. The van der Waals surface area contributed by atoms with Gasteiger partial charge in [-0.15, -0.1) is 11.3 Å². The van der Waals surface area contributed by atoms with Gasteiger partial charge >= 0.3 is 11.9 Å². The zero-order chi connectivity index (χ0) is 22.0. The van der Waals surface area contributed by atoms with E-state index in [1.54, 1.807) is 26.0 Å². The highest BCUT2D eigenvalue weighted by atomic mass is 32.1. The molecule has 4 nitrogen and oxygen atoms in total. The molecule has 0 aliphatic heterocycles. The minimum Gasteiger partial charge on any atom is -0.462 e. The number of carbonyl (C=O) groups is 2. The molecule has 0 fully saturated rings. The van der Waals surface area contributed by atoms with Crippen LogP contribution in [-0.4, -0.2) is 18.5 Å². The van der Waals surface area contributed by atoms with Gasteiger partial charge in [0.25, 0.3) is 0 Å². The summed E-state index contributed by atoms with van der Waals surface area (Å²) in [4.78, 5) is 23.3. The standard InChI is InChI=1S/C24H23FO4S/c1-13(2)23(26)28-12-6-7-16-8-9-18-17-10-11-19(29-24(27)14(3)4)15(5)21(17)30-22(18)20(16)25/h8-11H,1,3,6-7,12H2,2,4-5H3. The van der Waals surface area contributed by atoms with Crippen LogP contribution in [0.25, 0.3) is 20.2 Å². The topological polar surface area (TPSA) is 52.6 Å². The Bertz CT molecular complexity index is 1190. The molecule has 0 aliphatic rings. The smallest absolute Gasteiger partial charge is 0.338 e. The van der Waals surface area contributed by atoms with Crippen LogP contribution in [0.1, 0.15) is 31.4 Å². The Labute approximate surface area is 178 Å². The van der Waals surface area contributed by atoms with E-state index in [1.165, 1.54) is 11.3 Å². The van der Waals surface area contributed by atoms with E-state index in [-0.39, 0.29) is 12.4 Å². The van der Waals surface area contributed by atoms with Crippen molar-refractivity contribution in [2.75, 3.05) is 6.61 Å². The van der Waals surface area contributed by atoms with Gasteiger partial charge in [0.2, 0.25) is 0 Å². The van der Waals surface area contributed by atoms with Gasteiger partial charge in [-0.25, -0.2) is 14.0 Å². The summed E-state index contributed by atoms with van der Waals surface area (Å²) in [7, 11) is 0. The molecule has 2 aromatic carbocycles. The number of halogens is 1. The van der Waals surface area contributed by atoms with Gasteiger partial charge in [-0.2, -0.15) is 0 Å². The van der Waals surface area contributed by atoms with Crippen LogP contribution in [0.5, 0.6) is 5.75 Å². The molecule has 0 bridgehead atoms. The molecule has 0 atom stereocenters. The SMILES string of the molecule is C=C(C)C(=O)OCCCc1ccc2c(sc3c(C)c(OC(=O)C(=C)C)ccc32)c1F. The Morgan fingerprint density at radius 3 is 2.30 bits per heavy atom. The highest BCUT2D eigenvalue weighted by Crippen LogP contribution is 2.41. The van der Waals surface area contributed by atoms with Crippen molar-refractivity contribution in [3.63, 3.8) is 0 Å². The Hall–Kier alpha value is -2.99. The quantitative estimate of drug-likeness (QED) is 0.200. The maximum atomic E-state index is 15.2. The fraction of sp³-hybridized carbons (Fsp3) is 0.250. The van der Waals surface area contributed by atoms with E-state index in [0.29, 0.717) is 40.0 Å². The molecule has 1 heterocycles. The molecular weight excluding hydrogens is 403 g/mol. The lowest BCUT2D eigenvalue weighted by atomic mass is 10.0. The summed E-state index contributed by atoms with van der Waals surface area (Å²) in [5.41, 5.74) is 2.02. The van der Waals surface area contributed by atoms with E-state index >= 15 is 4.39 Å². The van der Waals surface area contributed by atoms with Crippen LogP contribution >= 0.6 is 11.3 Å². The van der Waals surface area contributed by atoms with Crippen molar-refractivity contribution in [3.8, 4) is 5.75 Å². The maximum Gasteiger partial charge on any atom is 0.338 e. The van der Waals surface area contributed by atoms with Crippen LogP contribution in [-0.2, 0) is 20.7 Å². The van der Waals surface area contributed by atoms with E-state index in [0.717, 1.165) is 21.0 Å². The Balaban J connectivity index is 1.87. The normalized spacial score (nSPS) is 10.9. The van der Waals surface area contributed by atoms with E-state index in [9.17, 15) is 9.59 Å². The number of esters is 2. The molecule has 6 heteroatoms. The highest BCUT2D eigenvalue weighted by Gasteiger charge is 2.17. The molecule has 1 aromatic heterocycles. The van der Waals surface area contributed by atoms with Crippen LogP contribution in [0.3, 0.4) is 0 Å². The van der Waals surface area contributed by atoms with Crippen molar-refractivity contribution in [3.05, 3.63) is 65.5 Å². The minimum absolute atomic E-state index is 0.214. The van der Waals surface area contributed by atoms with Crippen molar-refractivity contribution >= 4 is 43.4 Å². The lowest BCUT2D eigenvalue weighted by molar-refractivity contribution is -0.139. The first-order valence-electron chi connectivity index (χ1n) is 9.54.